The van der Waals surface area contributed by atoms with Crippen LogP contribution in [-0.4, -0.2) is 19.2 Å². The fourth-order valence-electron chi connectivity index (χ4n) is 2.10. The van der Waals surface area contributed by atoms with Gasteiger partial charge < -0.3 is 14.5 Å². The van der Waals surface area contributed by atoms with E-state index in [0.717, 1.165) is 37.5 Å². The Morgan fingerprint density at radius 3 is 3.00 bits per heavy atom. The number of ether oxygens (including phenoxy) is 1. The minimum Gasteiger partial charge on any atom is -0.464 e. The second kappa shape index (κ2) is 4.81. The first-order valence-corrected chi connectivity index (χ1v) is 5.71. The van der Waals surface area contributed by atoms with Gasteiger partial charge >= 0.3 is 0 Å². The summed E-state index contributed by atoms with van der Waals surface area (Å²) < 4.78 is 11.3. The lowest BCUT2D eigenvalue weighted by molar-refractivity contribution is -0.0119. The van der Waals surface area contributed by atoms with Crippen molar-refractivity contribution in [1.82, 2.24) is 5.32 Å². The number of furan rings is 1. The summed E-state index contributed by atoms with van der Waals surface area (Å²) in [5.41, 5.74) is 0. The fraction of sp³-hybridized carbons (Fsp3) is 0.667. The van der Waals surface area contributed by atoms with Gasteiger partial charge in [-0.25, -0.2) is 0 Å². The van der Waals surface area contributed by atoms with Crippen LogP contribution in [0, 0.1) is 6.92 Å². The molecule has 0 aliphatic carbocycles. The van der Waals surface area contributed by atoms with Gasteiger partial charge in [-0.05, 0) is 38.4 Å². The van der Waals surface area contributed by atoms with E-state index in [4.69, 9.17) is 9.15 Å². The van der Waals surface area contributed by atoms with E-state index in [-0.39, 0.29) is 6.10 Å². The van der Waals surface area contributed by atoms with Gasteiger partial charge in [-0.3, -0.25) is 0 Å². The lowest BCUT2D eigenvalue weighted by atomic mass is 10.0. The minimum absolute atomic E-state index is 0.136. The van der Waals surface area contributed by atoms with Crippen LogP contribution in [-0.2, 0) is 4.74 Å². The van der Waals surface area contributed by atoms with Crippen LogP contribution in [0.5, 0.6) is 0 Å². The number of nitrogens with one attached hydrogen (secondary N) is 1. The molecular formula is C12H19NO2. The molecule has 0 bridgehead atoms. The molecule has 0 radical (unpaired) electrons. The summed E-state index contributed by atoms with van der Waals surface area (Å²) in [6.45, 7) is 5.95. The smallest absolute Gasteiger partial charge is 0.132 e. The SMILES string of the molecule is CCNC1CCOC(c2ccc(C)o2)C1. The molecule has 1 aliphatic rings. The van der Waals surface area contributed by atoms with Crippen LogP contribution in [0.15, 0.2) is 16.5 Å². The summed E-state index contributed by atoms with van der Waals surface area (Å²) in [5, 5.41) is 3.47. The molecule has 15 heavy (non-hydrogen) atoms. The maximum Gasteiger partial charge on any atom is 0.132 e. The maximum absolute atomic E-state index is 5.72. The molecule has 2 heterocycles. The fourth-order valence-corrected chi connectivity index (χ4v) is 2.10. The van der Waals surface area contributed by atoms with Crippen LogP contribution < -0.4 is 5.32 Å². The van der Waals surface area contributed by atoms with E-state index in [2.05, 4.69) is 12.2 Å². The molecule has 0 saturated carbocycles. The van der Waals surface area contributed by atoms with Gasteiger partial charge in [-0.2, -0.15) is 0 Å². The Hall–Kier alpha value is -0.800. The molecule has 3 heteroatoms. The van der Waals surface area contributed by atoms with E-state index < -0.39 is 0 Å². The highest BCUT2D eigenvalue weighted by Crippen LogP contribution is 2.29. The van der Waals surface area contributed by atoms with E-state index in [0.29, 0.717) is 6.04 Å². The highest BCUT2D eigenvalue weighted by atomic mass is 16.5. The van der Waals surface area contributed by atoms with E-state index in [1.807, 2.05) is 19.1 Å². The van der Waals surface area contributed by atoms with Crippen LogP contribution in [0.25, 0.3) is 0 Å². The van der Waals surface area contributed by atoms with Crippen molar-refractivity contribution in [2.75, 3.05) is 13.2 Å². The first-order valence-electron chi connectivity index (χ1n) is 5.71. The summed E-state index contributed by atoms with van der Waals surface area (Å²) in [4.78, 5) is 0. The standard InChI is InChI=1S/C12H19NO2/c1-3-13-10-6-7-14-12(8-10)11-5-4-9(2)15-11/h4-5,10,12-13H,3,6-8H2,1-2H3. The molecule has 0 amide bonds. The number of rotatable bonds is 3. The van der Waals surface area contributed by atoms with Crippen molar-refractivity contribution in [2.24, 2.45) is 0 Å². The Bertz CT molecular complexity index is 306. The Balaban J connectivity index is 1.98. The normalized spacial score (nSPS) is 26.8. The Kier molecular flexibility index (Phi) is 3.44. The molecule has 0 spiro atoms. The van der Waals surface area contributed by atoms with Crippen molar-refractivity contribution in [3.63, 3.8) is 0 Å². The number of aryl methyl sites for hydroxylation is 1. The molecule has 1 aliphatic heterocycles. The maximum atomic E-state index is 5.72. The van der Waals surface area contributed by atoms with Gasteiger partial charge in [-0.15, -0.1) is 0 Å². The Morgan fingerprint density at radius 1 is 1.47 bits per heavy atom. The zero-order valence-corrected chi connectivity index (χ0v) is 9.45. The minimum atomic E-state index is 0.136. The Morgan fingerprint density at radius 2 is 2.33 bits per heavy atom. The van der Waals surface area contributed by atoms with Crippen molar-refractivity contribution in [1.29, 1.82) is 0 Å². The molecule has 1 aromatic heterocycles. The van der Waals surface area contributed by atoms with Gasteiger partial charge in [0.2, 0.25) is 0 Å². The van der Waals surface area contributed by atoms with Crippen molar-refractivity contribution in [3.05, 3.63) is 23.7 Å². The third kappa shape index (κ3) is 2.61. The third-order valence-electron chi connectivity index (χ3n) is 2.86. The molecule has 1 fully saturated rings. The second-order valence-corrected chi connectivity index (χ2v) is 4.09. The lowest BCUT2D eigenvalue weighted by Gasteiger charge is -2.28. The van der Waals surface area contributed by atoms with Crippen molar-refractivity contribution in [3.8, 4) is 0 Å². The van der Waals surface area contributed by atoms with E-state index >= 15 is 0 Å². The van der Waals surface area contributed by atoms with Gasteiger partial charge in [-0.1, -0.05) is 6.92 Å². The average molecular weight is 209 g/mol. The molecule has 1 saturated heterocycles. The highest BCUT2D eigenvalue weighted by molar-refractivity contribution is 5.09. The molecule has 2 atom stereocenters. The van der Waals surface area contributed by atoms with E-state index in [1.165, 1.54) is 0 Å². The largest absolute Gasteiger partial charge is 0.464 e. The van der Waals surface area contributed by atoms with Gasteiger partial charge in [0.15, 0.2) is 0 Å². The molecule has 2 rings (SSSR count). The molecular weight excluding hydrogens is 190 g/mol. The summed E-state index contributed by atoms with van der Waals surface area (Å²) in [5.74, 6) is 1.93. The van der Waals surface area contributed by atoms with Crippen molar-refractivity contribution in [2.45, 2.75) is 38.8 Å². The van der Waals surface area contributed by atoms with Gasteiger partial charge in [0.1, 0.15) is 17.6 Å². The predicted octanol–water partition coefficient (Wildman–Crippen LogP) is 2.42. The lowest BCUT2D eigenvalue weighted by Crippen LogP contribution is -2.35. The molecule has 2 unspecified atom stereocenters. The molecule has 0 aromatic carbocycles. The van der Waals surface area contributed by atoms with Crippen LogP contribution in [0.4, 0.5) is 0 Å². The summed E-state index contributed by atoms with van der Waals surface area (Å²) in [7, 11) is 0. The third-order valence-corrected chi connectivity index (χ3v) is 2.86. The number of hydrogen-bond acceptors (Lipinski definition) is 3. The number of hydrogen-bond donors (Lipinski definition) is 1. The molecule has 3 nitrogen and oxygen atoms in total. The molecule has 1 N–H and O–H groups in total. The van der Waals surface area contributed by atoms with E-state index in [1.54, 1.807) is 0 Å². The van der Waals surface area contributed by atoms with Gasteiger partial charge in [0, 0.05) is 12.6 Å². The second-order valence-electron chi connectivity index (χ2n) is 4.09. The topological polar surface area (TPSA) is 34.4 Å². The zero-order chi connectivity index (χ0) is 10.7. The van der Waals surface area contributed by atoms with E-state index in [9.17, 15) is 0 Å². The van der Waals surface area contributed by atoms with Crippen molar-refractivity contribution < 1.29 is 9.15 Å². The summed E-state index contributed by atoms with van der Waals surface area (Å²) in [6.07, 6.45) is 2.25. The summed E-state index contributed by atoms with van der Waals surface area (Å²) in [6, 6.07) is 4.59. The predicted molar refractivity (Wildman–Crippen MR) is 58.8 cm³/mol. The average Bonchev–Trinajstić information content (AvgIpc) is 2.66. The van der Waals surface area contributed by atoms with Gasteiger partial charge in [0.25, 0.3) is 0 Å². The zero-order valence-electron chi connectivity index (χ0n) is 9.45. The van der Waals surface area contributed by atoms with Gasteiger partial charge in [0.05, 0.1) is 0 Å². The molecule has 1 aromatic rings. The first-order chi connectivity index (χ1) is 7.29. The summed E-state index contributed by atoms with van der Waals surface area (Å²) >= 11 is 0. The van der Waals surface area contributed by atoms with Crippen LogP contribution >= 0.6 is 0 Å². The first kappa shape index (κ1) is 10.7. The highest BCUT2D eigenvalue weighted by Gasteiger charge is 2.25. The van der Waals surface area contributed by atoms with Crippen LogP contribution in [0.3, 0.4) is 0 Å². The monoisotopic (exact) mass is 209 g/mol. The van der Waals surface area contributed by atoms with Crippen LogP contribution in [0.1, 0.15) is 37.4 Å². The Labute approximate surface area is 90.8 Å². The van der Waals surface area contributed by atoms with Crippen LogP contribution in [0.2, 0.25) is 0 Å². The molecule has 84 valence electrons. The van der Waals surface area contributed by atoms with Crippen molar-refractivity contribution >= 4 is 0 Å². The quantitative estimate of drug-likeness (QED) is 0.830.